The van der Waals surface area contributed by atoms with Crippen molar-refractivity contribution in [2.45, 2.75) is 58.6 Å². The normalized spacial score (nSPS) is 17.9. The minimum atomic E-state index is -0.519. The summed E-state index contributed by atoms with van der Waals surface area (Å²) in [6.45, 7) is 7.45. The van der Waals surface area contributed by atoms with Crippen molar-refractivity contribution in [3.8, 4) is 0 Å². The first-order chi connectivity index (χ1) is 16.6. The van der Waals surface area contributed by atoms with Crippen LogP contribution in [0.25, 0.3) is 0 Å². The van der Waals surface area contributed by atoms with Gasteiger partial charge in [-0.2, -0.15) is 0 Å². The fourth-order valence-electron chi connectivity index (χ4n) is 4.16. The summed E-state index contributed by atoms with van der Waals surface area (Å²) in [5.41, 5.74) is 7.07. The average Bonchev–Trinajstić information content (AvgIpc) is 2.80. The highest BCUT2D eigenvalue weighted by Gasteiger charge is 2.23. The highest BCUT2D eigenvalue weighted by atomic mass is 35.5. The molecule has 1 aromatic carbocycles. The third-order valence-corrected chi connectivity index (χ3v) is 6.44. The lowest BCUT2D eigenvalue weighted by Crippen LogP contribution is -2.36. The van der Waals surface area contributed by atoms with Crippen LogP contribution in [-0.4, -0.2) is 35.7 Å². The number of rotatable bonds is 9. The van der Waals surface area contributed by atoms with Gasteiger partial charge in [0.25, 0.3) is 5.91 Å². The topological polar surface area (TPSA) is 118 Å². The van der Waals surface area contributed by atoms with Crippen LogP contribution in [0.1, 0.15) is 62.4 Å². The van der Waals surface area contributed by atoms with Crippen molar-refractivity contribution in [3.63, 3.8) is 0 Å². The standard InChI is InChI=1S/C26H36ClN5O3/c1-26(2,3)35-25(34)32-14-18-10-8-17(9-11-18)13-29-22-12-23(31-16-20(22)24(28)33)30-15-19-6-4-5-7-21(19)27/h4-7,12,16-18H,8-11,13-15H2,1-3H3,(H2,28,33)(H,32,34)(H2,29,30,31). The predicted molar refractivity (Wildman–Crippen MR) is 140 cm³/mol. The maximum absolute atomic E-state index is 11.9. The van der Waals surface area contributed by atoms with Gasteiger partial charge in [0.1, 0.15) is 11.4 Å². The van der Waals surface area contributed by atoms with Crippen LogP contribution in [0, 0.1) is 11.8 Å². The Labute approximate surface area is 212 Å². The quantitative estimate of drug-likeness (QED) is 0.375. The van der Waals surface area contributed by atoms with E-state index in [0.29, 0.717) is 47.0 Å². The number of anilines is 2. The molecule has 0 spiro atoms. The summed E-state index contributed by atoms with van der Waals surface area (Å²) in [5.74, 6) is 1.03. The van der Waals surface area contributed by atoms with Crippen LogP contribution in [0.3, 0.4) is 0 Å². The molecule has 3 rings (SSSR count). The Morgan fingerprint density at radius 1 is 1.09 bits per heavy atom. The number of aromatic nitrogens is 1. The van der Waals surface area contributed by atoms with Gasteiger partial charge in [-0.25, -0.2) is 9.78 Å². The number of amides is 2. The number of nitrogens with two attached hydrogens (primary N) is 1. The summed E-state index contributed by atoms with van der Waals surface area (Å²) in [4.78, 5) is 28.1. The zero-order valence-corrected chi connectivity index (χ0v) is 21.5. The molecule has 2 amide bonds. The van der Waals surface area contributed by atoms with E-state index in [4.69, 9.17) is 22.1 Å². The smallest absolute Gasteiger partial charge is 0.407 e. The lowest BCUT2D eigenvalue weighted by atomic mass is 9.82. The number of pyridine rings is 1. The van der Waals surface area contributed by atoms with E-state index in [9.17, 15) is 9.59 Å². The van der Waals surface area contributed by atoms with Crippen molar-refractivity contribution in [3.05, 3.63) is 52.7 Å². The van der Waals surface area contributed by atoms with Gasteiger partial charge >= 0.3 is 6.09 Å². The van der Waals surface area contributed by atoms with Gasteiger partial charge in [-0.05, 0) is 69.9 Å². The first-order valence-corrected chi connectivity index (χ1v) is 12.5. The average molecular weight is 502 g/mol. The monoisotopic (exact) mass is 501 g/mol. The van der Waals surface area contributed by atoms with Crippen molar-refractivity contribution in [1.82, 2.24) is 10.3 Å². The fourth-order valence-corrected chi connectivity index (χ4v) is 4.36. The highest BCUT2D eigenvalue weighted by molar-refractivity contribution is 6.31. The molecule has 0 saturated heterocycles. The predicted octanol–water partition coefficient (Wildman–Crippen LogP) is 5.19. The van der Waals surface area contributed by atoms with Crippen molar-refractivity contribution in [1.29, 1.82) is 0 Å². The number of carbonyl (C=O) groups is 2. The minimum absolute atomic E-state index is 0.364. The molecule has 0 bridgehead atoms. The number of primary amides is 1. The van der Waals surface area contributed by atoms with Crippen LogP contribution >= 0.6 is 11.6 Å². The number of benzene rings is 1. The molecule has 1 aliphatic carbocycles. The summed E-state index contributed by atoms with van der Waals surface area (Å²) in [7, 11) is 0. The van der Waals surface area contributed by atoms with Crippen molar-refractivity contribution in [2.24, 2.45) is 17.6 Å². The third-order valence-electron chi connectivity index (χ3n) is 6.07. The molecule has 2 aromatic rings. The van der Waals surface area contributed by atoms with Crippen molar-refractivity contribution in [2.75, 3.05) is 23.7 Å². The van der Waals surface area contributed by atoms with Crippen LogP contribution < -0.4 is 21.7 Å². The Bertz CT molecular complexity index is 1020. The Morgan fingerprint density at radius 2 is 1.74 bits per heavy atom. The summed E-state index contributed by atoms with van der Waals surface area (Å²) < 4.78 is 5.31. The molecule has 190 valence electrons. The van der Waals surface area contributed by atoms with Crippen molar-refractivity contribution >= 4 is 35.1 Å². The van der Waals surface area contributed by atoms with Gasteiger partial charge < -0.3 is 26.4 Å². The van der Waals surface area contributed by atoms with E-state index in [0.717, 1.165) is 37.8 Å². The Morgan fingerprint density at radius 3 is 2.37 bits per heavy atom. The van der Waals surface area contributed by atoms with Gasteiger partial charge in [0.15, 0.2) is 0 Å². The minimum Gasteiger partial charge on any atom is -0.444 e. The third kappa shape index (κ3) is 8.62. The summed E-state index contributed by atoms with van der Waals surface area (Å²) in [5, 5.41) is 10.2. The SMILES string of the molecule is CC(C)(C)OC(=O)NCC1CCC(CNc2cc(NCc3ccccc3Cl)ncc2C(N)=O)CC1. The van der Waals surface area contributed by atoms with Gasteiger partial charge in [-0.3, -0.25) is 4.79 Å². The molecule has 35 heavy (non-hydrogen) atoms. The number of carbonyl (C=O) groups excluding carboxylic acids is 2. The van der Waals surface area contributed by atoms with E-state index in [1.54, 1.807) is 0 Å². The Kier molecular flexibility index (Phi) is 9.20. The zero-order valence-electron chi connectivity index (χ0n) is 20.7. The van der Waals surface area contributed by atoms with E-state index in [1.807, 2.05) is 51.1 Å². The second-order valence-corrected chi connectivity index (χ2v) is 10.5. The first-order valence-electron chi connectivity index (χ1n) is 12.1. The molecule has 9 heteroatoms. The number of nitrogens with zero attached hydrogens (tertiary/aromatic N) is 1. The molecule has 1 heterocycles. The molecule has 0 unspecified atom stereocenters. The van der Waals surface area contributed by atoms with Gasteiger partial charge in [-0.15, -0.1) is 0 Å². The zero-order chi connectivity index (χ0) is 25.4. The van der Waals surface area contributed by atoms with Crippen LogP contribution in [0.4, 0.5) is 16.3 Å². The number of halogens is 1. The molecule has 0 atom stereocenters. The molecule has 1 fully saturated rings. The highest BCUT2D eigenvalue weighted by Crippen LogP contribution is 2.29. The fraction of sp³-hybridized carbons (Fsp3) is 0.500. The molecular weight excluding hydrogens is 466 g/mol. The van der Waals surface area contributed by atoms with E-state index in [-0.39, 0.29) is 6.09 Å². The first kappa shape index (κ1) is 26.6. The Hall–Kier alpha value is -3.00. The number of ether oxygens (including phenoxy) is 1. The lowest BCUT2D eigenvalue weighted by Gasteiger charge is -2.29. The number of hydrogen-bond donors (Lipinski definition) is 4. The molecule has 1 saturated carbocycles. The maximum atomic E-state index is 11.9. The lowest BCUT2D eigenvalue weighted by molar-refractivity contribution is 0.0513. The summed E-state index contributed by atoms with van der Waals surface area (Å²) in [6, 6.07) is 9.43. The van der Waals surface area contributed by atoms with Crippen LogP contribution in [-0.2, 0) is 11.3 Å². The molecule has 0 aliphatic heterocycles. The van der Waals surface area contributed by atoms with E-state index < -0.39 is 11.5 Å². The van der Waals surface area contributed by atoms with E-state index in [1.165, 1.54) is 6.20 Å². The number of hydrogen-bond acceptors (Lipinski definition) is 6. The van der Waals surface area contributed by atoms with E-state index in [2.05, 4.69) is 20.9 Å². The summed E-state index contributed by atoms with van der Waals surface area (Å²) >= 11 is 6.23. The molecular formula is C26H36ClN5O3. The largest absolute Gasteiger partial charge is 0.444 e. The second-order valence-electron chi connectivity index (χ2n) is 10.1. The second kappa shape index (κ2) is 12.1. The van der Waals surface area contributed by atoms with Crippen molar-refractivity contribution < 1.29 is 14.3 Å². The van der Waals surface area contributed by atoms with Gasteiger partial charge in [0, 0.05) is 36.9 Å². The molecule has 5 N–H and O–H groups in total. The maximum Gasteiger partial charge on any atom is 0.407 e. The van der Waals surface area contributed by atoms with Crippen LogP contribution in [0.2, 0.25) is 5.02 Å². The van der Waals surface area contributed by atoms with Gasteiger partial charge in [-0.1, -0.05) is 29.8 Å². The number of nitrogens with one attached hydrogen (secondary N) is 3. The molecule has 8 nitrogen and oxygen atoms in total. The Balaban J connectivity index is 1.49. The molecule has 1 aromatic heterocycles. The van der Waals surface area contributed by atoms with Crippen LogP contribution in [0.5, 0.6) is 0 Å². The van der Waals surface area contributed by atoms with Gasteiger partial charge in [0.2, 0.25) is 0 Å². The number of alkyl carbamates (subject to hydrolysis) is 1. The van der Waals surface area contributed by atoms with Crippen LogP contribution in [0.15, 0.2) is 36.5 Å². The molecule has 1 aliphatic rings. The van der Waals surface area contributed by atoms with Gasteiger partial charge in [0.05, 0.1) is 11.3 Å². The summed E-state index contributed by atoms with van der Waals surface area (Å²) in [6.07, 6.45) is 5.29. The molecule has 0 radical (unpaired) electrons. The van der Waals surface area contributed by atoms with E-state index >= 15 is 0 Å².